The standard InChI is InChI=1S/C20H30N2O5/c1-5-25-16-12-15(13-17(26-6-2)18(16)27-7-3)19(23)21-14(4)20(24)22-10-8-9-11-22/h12-14H,5-11H2,1-4H3,(H,21,23)/t14-/m0/s1. The molecule has 7 heteroatoms. The fourth-order valence-corrected chi connectivity index (χ4v) is 3.07. The van der Waals surface area contributed by atoms with E-state index in [9.17, 15) is 9.59 Å². The molecule has 1 atom stereocenters. The number of amides is 2. The molecule has 150 valence electrons. The highest BCUT2D eigenvalue weighted by Crippen LogP contribution is 2.39. The summed E-state index contributed by atoms with van der Waals surface area (Å²) < 4.78 is 16.9. The van der Waals surface area contributed by atoms with E-state index in [1.165, 1.54) is 0 Å². The molecule has 1 aliphatic rings. The summed E-state index contributed by atoms with van der Waals surface area (Å²) in [5.41, 5.74) is 0.367. The summed E-state index contributed by atoms with van der Waals surface area (Å²) in [5, 5.41) is 2.78. The molecule has 0 spiro atoms. The molecule has 1 aliphatic heterocycles. The number of nitrogens with one attached hydrogen (secondary N) is 1. The van der Waals surface area contributed by atoms with Gasteiger partial charge in [0.1, 0.15) is 6.04 Å². The lowest BCUT2D eigenvalue weighted by molar-refractivity contribution is -0.131. The predicted octanol–water partition coefficient (Wildman–Crippen LogP) is 2.62. The van der Waals surface area contributed by atoms with Crippen LogP contribution >= 0.6 is 0 Å². The maximum atomic E-state index is 12.7. The molecule has 1 heterocycles. The van der Waals surface area contributed by atoms with Crippen molar-refractivity contribution in [2.75, 3.05) is 32.9 Å². The Labute approximate surface area is 161 Å². The van der Waals surface area contributed by atoms with E-state index in [1.807, 2.05) is 20.8 Å². The molecule has 0 radical (unpaired) electrons. The number of hydrogen-bond donors (Lipinski definition) is 1. The van der Waals surface area contributed by atoms with Gasteiger partial charge < -0.3 is 24.4 Å². The number of ether oxygens (including phenoxy) is 3. The van der Waals surface area contributed by atoms with Crippen molar-refractivity contribution >= 4 is 11.8 Å². The lowest BCUT2D eigenvalue weighted by atomic mass is 10.1. The third-order valence-electron chi connectivity index (χ3n) is 4.31. The molecule has 1 saturated heterocycles. The molecule has 27 heavy (non-hydrogen) atoms. The predicted molar refractivity (Wildman–Crippen MR) is 103 cm³/mol. The van der Waals surface area contributed by atoms with Crippen molar-refractivity contribution in [3.05, 3.63) is 17.7 Å². The first-order valence-corrected chi connectivity index (χ1v) is 9.67. The Morgan fingerprint density at radius 2 is 1.52 bits per heavy atom. The van der Waals surface area contributed by atoms with Crippen LogP contribution in [0.2, 0.25) is 0 Å². The quantitative estimate of drug-likeness (QED) is 0.715. The highest BCUT2D eigenvalue weighted by atomic mass is 16.5. The molecule has 0 aliphatic carbocycles. The van der Waals surface area contributed by atoms with E-state index >= 15 is 0 Å². The molecule has 1 N–H and O–H groups in total. The van der Waals surface area contributed by atoms with Gasteiger partial charge in [-0.2, -0.15) is 0 Å². The summed E-state index contributed by atoms with van der Waals surface area (Å²) in [7, 11) is 0. The Kier molecular flexibility index (Phi) is 7.76. The molecule has 0 bridgehead atoms. The van der Waals surface area contributed by atoms with Crippen molar-refractivity contribution in [2.45, 2.75) is 46.6 Å². The Balaban J connectivity index is 2.21. The number of nitrogens with zero attached hydrogens (tertiary/aromatic N) is 1. The van der Waals surface area contributed by atoms with Crippen LogP contribution in [0.4, 0.5) is 0 Å². The summed E-state index contributed by atoms with van der Waals surface area (Å²) in [6.45, 7) is 10.1. The average molecular weight is 378 g/mol. The Morgan fingerprint density at radius 3 is 2.00 bits per heavy atom. The number of carbonyl (C=O) groups excluding carboxylic acids is 2. The largest absolute Gasteiger partial charge is 0.490 e. The van der Waals surface area contributed by atoms with Crippen LogP contribution in [0.3, 0.4) is 0 Å². The molecular weight excluding hydrogens is 348 g/mol. The lowest BCUT2D eigenvalue weighted by Gasteiger charge is -2.22. The van der Waals surface area contributed by atoms with Crippen LogP contribution < -0.4 is 19.5 Å². The zero-order valence-corrected chi connectivity index (χ0v) is 16.7. The van der Waals surface area contributed by atoms with E-state index in [0.717, 1.165) is 25.9 Å². The summed E-state index contributed by atoms with van der Waals surface area (Å²) in [5.74, 6) is 0.990. The third-order valence-corrected chi connectivity index (χ3v) is 4.31. The van der Waals surface area contributed by atoms with Crippen molar-refractivity contribution in [3.63, 3.8) is 0 Å². The molecule has 0 unspecified atom stereocenters. The van der Waals surface area contributed by atoms with Crippen molar-refractivity contribution in [3.8, 4) is 17.2 Å². The first kappa shape index (κ1) is 20.9. The van der Waals surface area contributed by atoms with Gasteiger partial charge in [-0.1, -0.05) is 0 Å². The van der Waals surface area contributed by atoms with Crippen LogP contribution in [0.1, 0.15) is 50.9 Å². The van der Waals surface area contributed by atoms with Crippen LogP contribution in [0, 0.1) is 0 Å². The van der Waals surface area contributed by atoms with Crippen LogP contribution in [-0.4, -0.2) is 55.7 Å². The Bertz CT molecular complexity index is 629. The average Bonchev–Trinajstić information content (AvgIpc) is 3.18. The maximum Gasteiger partial charge on any atom is 0.252 e. The van der Waals surface area contributed by atoms with Gasteiger partial charge >= 0.3 is 0 Å². The van der Waals surface area contributed by atoms with Gasteiger partial charge in [0.2, 0.25) is 11.7 Å². The van der Waals surface area contributed by atoms with Gasteiger partial charge in [-0.3, -0.25) is 9.59 Å². The first-order chi connectivity index (χ1) is 13.0. The van der Waals surface area contributed by atoms with Gasteiger partial charge in [-0.25, -0.2) is 0 Å². The van der Waals surface area contributed by atoms with Gasteiger partial charge in [-0.15, -0.1) is 0 Å². The normalized spacial score (nSPS) is 14.6. The van der Waals surface area contributed by atoms with Crippen LogP contribution in [-0.2, 0) is 4.79 Å². The van der Waals surface area contributed by atoms with E-state index in [1.54, 1.807) is 24.0 Å². The summed E-state index contributed by atoms with van der Waals surface area (Å²) in [6.07, 6.45) is 2.03. The SMILES string of the molecule is CCOc1cc(C(=O)N[C@@H](C)C(=O)N2CCCC2)cc(OCC)c1OCC. The third kappa shape index (κ3) is 5.28. The second-order valence-electron chi connectivity index (χ2n) is 6.33. The van der Waals surface area contributed by atoms with Gasteiger partial charge in [0.25, 0.3) is 5.91 Å². The zero-order valence-electron chi connectivity index (χ0n) is 16.7. The van der Waals surface area contributed by atoms with Crippen molar-refractivity contribution in [2.24, 2.45) is 0 Å². The first-order valence-electron chi connectivity index (χ1n) is 9.67. The van der Waals surface area contributed by atoms with E-state index in [4.69, 9.17) is 14.2 Å². The number of likely N-dealkylation sites (tertiary alicyclic amines) is 1. The monoisotopic (exact) mass is 378 g/mol. The van der Waals surface area contributed by atoms with E-state index in [2.05, 4.69) is 5.32 Å². The van der Waals surface area contributed by atoms with Crippen molar-refractivity contribution < 1.29 is 23.8 Å². The minimum Gasteiger partial charge on any atom is -0.490 e. The number of rotatable bonds is 9. The summed E-state index contributed by atoms with van der Waals surface area (Å²) >= 11 is 0. The van der Waals surface area contributed by atoms with E-state index in [-0.39, 0.29) is 11.8 Å². The van der Waals surface area contributed by atoms with Crippen LogP contribution in [0.25, 0.3) is 0 Å². The molecule has 0 aromatic heterocycles. The zero-order chi connectivity index (χ0) is 19.8. The van der Waals surface area contributed by atoms with E-state index < -0.39 is 6.04 Å². The van der Waals surface area contributed by atoms with Gasteiger partial charge in [0.15, 0.2) is 11.5 Å². The fourth-order valence-electron chi connectivity index (χ4n) is 3.07. The number of carbonyl (C=O) groups is 2. The molecular formula is C20H30N2O5. The van der Waals surface area contributed by atoms with Gasteiger partial charge in [0, 0.05) is 18.7 Å². The molecule has 2 rings (SSSR count). The van der Waals surface area contributed by atoms with Gasteiger partial charge in [-0.05, 0) is 52.7 Å². The highest BCUT2D eigenvalue weighted by Gasteiger charge is 2.25. The van der Waals surface area contributed by atoms with Gasteiger partial charge in [0.05, 0.1) is 19.8 Å². The maximum absolute atomic E-state index is 12.7. The minimum atomic E-state index is -0.590. The molecule has 7 nitrogen and oxygen atoms in total. The van der Waals surface area contributed by atoms with Crippen LogP contribution in [0.5, 0.6) is 17.2 Å². The molecule has 0 saturated carbocycles. The molecule has 1 fully saturated rings. The summed E-state index contributed by atoms with van der Waals surface area (Å²) in [6, 6.07) is 2.66. The number of hydrogen-bond acceptors (Lipinski definition) is 5. The Hall–Kier alpha value is -2.44. The fraction of sp³-hybridized carbons (Fsp3) is 0.600. The lowest BCUT2D eigenvalue weighted by Crippen LogP contribution is -2.45. The van der Waals surface area contributed by atoms with Crippen LogP contribution in [0.15, 0.2) is 12.1 Å². The molecule has 1 aromatic rings. The molecule has 2 amide bonds. The topological polar surface area (TPSA) is 77.1 Å². The Morgan fingerprint density at radius 1 is 1.00 bits per heavy atom. The number of benzene rings is 1. The van der Waals surface area contributed by atoms with Crippen molar-refractivity contribution in [1.82, 2.24) is 10.2 Å². The second kappa shape index (κ2) is 10.0. The minimum absolute atomic E-state index is 0.0538. The van der Waals surface area contributed by atoms with Crippen molar-refractivity contribution in [1.29, 1.82) is 0 Å². The molecule has 1 aromatic carbocycles. The highest BCUT2D eigenvalue weighted by molar-refractivity contribution is 5.98. The second-order valence-corrected chi connectivity index (χ2v) is 6.33. The van der Waals surface area contributed by atoms with E-state index in [0.29, 0.717) is 42.6 Å². The summed E-state index contributed by atoms with van der Waals surface area (Å²) in [4.78, 5) is 26.9. The smallest absolute Gasteiger partial charge is 0.252 e.